The van der Waals surface area contributed by atoms with Crippen molar-refractivity contribution in [2.24, 2.45) is 5.92 Å². The number of carbonyl (C=O) groups is 1. The largest absolute Gasteiger partial charge is 0.411 e. The molecule has 0 bridgehead atoms. The van der Waals surface area contributed by atoms with E-state index in [1.807, 2.05) is 44.0 Å². The number of alkyl halides is 3. The van der Waals surface area contributed by atoms with Crippen LogP contribution in [-0.2, 0) is 11.3 Å². The Bertz CT molecular complexity index is 1010. The molecule has 0 radical (unpaired) electrons. The molecule has 8 heteroatoms. The number of ether oxygens (including phenoxy) is 1. The van der Waals surface area contributed by atoms with Gasteiger partial charge in [0.25, 0.3) is 0 Å². The van der Waals surface area contributed by atoms with Crippen molar-refractivity contribution in [2.75, 3.05) is 20.3 Å². The fraction of sp³-hybridized carbons (Fsp3) is 0.407. The van der Waals surface area contributed by atoms with Gasteiger partial charge in [0.2, 0.25) is 0 Å². The average Bonchev–Trinajstić information content (AvgIpc) is 3.56. The fourth-order valence-electron chi connectivity index (χ4n) is 3.47. The van der Waals surface area contributed by atoms with Crippen LogP contribution in [0.25, 0.3) is 5.57 Å². The summed E-state index contributed by atoms with van der Waals surface area (Å²) in [6.45, 7) is 6.89. The summed E-state index contributed by atoms with van der Waals surface area (Å²) in [5.41, 5.74) is 2.64. The number of allylic oxidation sites excluding steroid dienone is 6. The zero-order valence-electron chi connectivity index (χ0n) is 20.4. The van der Waals surface area contributed by atoms with E-state index in [2.05, 4.69) is 16.3 Å². The zero-order valence-corrected chi connectivity index (χ0v) is 20.4. The Morgan fingerprint density at radius 2 is 2.06 bits per heavy atom. The van der Waals surface area contributed by atoms with Crippen molar-refractivity contribution in [2.45, 2.75) is 45.0 Å². The maximum absolute atomic E-state index is 12.1. The lowest BCUT2D eigenvalue weighted by atomic mass is 10.0. The van der Waals surface area contributed by atoms with Gasteiger partial charge in [-0.25, -0.2) is 0 Å². The van der Waals surface area contributed by atoms with Gasteiger partial charge in [-0.15, -0.1) is 0 Å². The number of nitrogens with zero attached hydrogens (tertiary/aromatic N) is 2. The molecule has 1 saturated carbocycles. The summed E-state index contributed by atoms with van der Waals surface area (Å²) < 4.78 is 40.8. The molecule has 1 unspecified atom stereocenters. The van der Waals surface area contributed by atoms with Crippen LogP contribution >= 0.6 is 0 Å². The van der Waals surface area contributed by atoms with E-state index in [1.54, 1.807) is 24.3 Å². The van der Waals surface area contributed by atoms with Crippen LogP contribution in [-0.4, -0.2) is 53.3 Å². The molecule has 0 spiro atoms. The second-order valence-electron chi connectivity index (χ2n) is 8.61. The summed E-state index contributed by atoms with van der Waals surface area (Å²) in [7, 11) is 1.91. The average molecular weight is 491 g/mol. The van der Waals surface area contributed by atoms with E-state index in [0.717, 1.165) is 24.8 Å². The van der Waals surface area contributed by atoms with E-state index >= 15 is 0 Å². The van der Waals surface area contributed by atoms with Gasteiger partial charge in [-0.3, -0.25) is 9.78 Å². The summed E-state index contributed by atoms with van der Waals surface area (Å²) in [6.07, 6.45) is 11.8. The number of hydrogen-bond acceptors (Lipinski definition) is 5. The van der Waals surface area contributed by atoms with Gasteiger partial charge in [0.15, 0.2) is 6.29 Å². The van der Waals surface area contributed by atoms with E-state index in [4.69, 9.17) is 0 Å². The second kappa shape index (κ2) is 12.7. The third-order valence-corrected chi connectivity index (χ3v) is 5.84. The molecule has 5 nitrogen and oxygen atoms in total. The van der Waals surface area contributed by atoms with E-state index in [9.17, 15) is 23.1 Å². The van der Waals surface area contributed by atoms with Crippen LogP contribution < -0.4 is 0 Å². The summed E-state index contributed by atoms with van der Waals surface area (Å²) in [6, 6.07) is 1.64. The van der Waals surface area contributed by atoms with Gasteiger partial charge < -0.3 is 14.7 Å². The van der Waals surface area contributed by atoms with Crippen LogP contribution in [0.5, 0.6) is 0 Å². The molecule has 1 aliphatic carbocycles. The minimum Gasteiger partial charge on any atom is -0.389 e. The Kier molecular flexibility index (Phi) is 10.2. The fourth-order valence-corrected chi connectivity index (χ4v) is 3.47. The van der Waals surface area contributed by atoms with Crippen molar-refractivity contribution < 1.29 is 27.8 Å². The molecule has 0 amide bonds. The van der Waals surface area contributed by atoms with Crippen LogP contribution in [0.1, 0.15) is 48.3 Å². The molecule has 1 fully saturated rings. The number of pyridine rings is 1. The van der Waals surface area contributed by atoms with Gasteiger partial charge in [-0.2, -0.15) is 13.2 Å². The van der Waals surface area contributed by atoms with Crippen molar-refractivity contribution >= 4 is 11.9 Å². The number of rotatable bonds is 13. The minimum absolute atomic E-state index is 0.0437. The molecule has 1 aliphatic rings. The molecule has 0 saturated heterocycles. The van der Waals surface area contributed by atoms with Crippen LogP contribution in [0.3, 0.4) is 0 Å². The summed E-state index contributed by atoms with van der Waals surface area (Å²) in [4.78, 5) is 18.1. The van der Waals surface area contributed by atoms with Crippen LogP contribution in [0.4, 0.5) is 13.2 Å². The Balaban J connectivity index is 2.10. The molecule has 0 aromatic carbocycles. The SMILES string of the molecule is C=C(/C=C\C=C/COCC(F)(F)F)c1nccc(C=O)c1CN(C)C(/C=C\C(C)C1(O)CC1)=C/C. The third kappa shape index (κ3) is 8.96. The van der Waals surface area contributed by atoms with Crippen LogP contribution in [0, 0.1) is 5.92 Å². The lowest BCUT2D eigenvalue weighted by Crippen LogP contribution is -2.20. The van der Waals surface area contributed by atoms with E-state index < -0.39 is 18.4 Å². The van der Waals surface area contributed by atoms with Gasteiger partial charge in [0.1, 0.15) is 6.61 Å². The van der Waals surface area contributed by atoms with E-state index in [1.165, 1.54) is 12.3 Å². The Morgan fingerprint density at radius 3 is 2.66 bits per heavy atom. The number of halogens is 3. The predicted octanol–water partition coefficient (Wildman–Crippen LogP) is 5.65. The first-order valence-electron chi connectivity index (χ1n) is 11.4. The molecule has 2 rings (SSSR count). The monoisotopic (exact) mass is 490 g/mol. The number of aliphatic hydroxyl groups is 1. The number of hydrogen-bond donors (Lipinski definition) is 1. The van der Waals surface area contributed by atoms with Gasteiger partial charge in [-0.05, 0) is 37.5 Å². The highest BCUT2D eigenvalue weighted by Gasteiger charge is 2.44. The van der Waals surface area contributed by atoms with Crippen molar-refractivity contribution in [3.8, 4) is 0 Å². The van der Waals surface area contributed by atoms with Gasteiger partial charge >= 0.3 is 6.18 Å². The first kappa shape index (κ1) is 28.3. The molecule has 0 aliphatic heterocycles. The van der Waals surface area contributed by atoms with Gasteiger partial charge in [0, 0.05) is 42.5 Å². The smallest absolute Gasteiger partial charge is 0.389 e. The third-order valence-electron chi connectivity index (χ3n) is 5.84. The Hall–Kier alpha value is -2.97. The highest BCUT2D eigenvalue weighted by Crippen LogP contribution is 2.42. The molecular weight excluding hydrogens is 457 g/mol. The molecule has 1 heterocycles. The first-order chi connectivity index (χ1) is 16.5. The van der Waals surface area contributed by atoms with Crippen molar-refractivity contribution in [3.05, 3.63) is 83.9 Å². The van der Waals surface area contributed by atoms with E-state index in [0.29, 0.717) is 28.9 Å². The molecule has 1 aromatic rings. The lowest BCUT2D eigenvalue weighted by Gasteiger charge is -2.23. The van der Waals surface area contributed by atoms with Crippen molar-refractivity contribution in [3.63, 3.8) is 0 Å². The molecular formula is C27H33F3N2O3. The summed E-state index contributed by atoms with van der Waals surface area (Å²) in [5.74, 6) is 0.0437. The standard InChI is InChI=1S/C27H33F3N2O3/c1-5-23(11-10-21(3)26(34)13-14-26)32(4)17-24-22(18-33)12-15-31-25(24)20(2)9-7-6-8-16-35-19-27(28,29)30/h5-12,15,18,21,34H,2,13-14,16-17,19H2,1,3-4H3/b8-6-,9-7-,11-10-,23-5+. The van der Waals surface area contributed by atoms with Crippen molar-refractivity contribution in [1.82, 2.24) is 9.88 Å². The quantitative estimate of drug-likeness (QED) is 0.220. The zero-order chi connectivity index (χ0) is 26.1. The number of aromatic nitrogens is 1. The minimum atomic E-state index is -4.35. The molecule has 1 atom stereocenters. The second-order valence-corrected chi connectivity index (χ2v) is 8.61. The van der Waals surface area contributed by atoms with Gasteiger partial charge in [-0.1, -0.05) is 50.0 Å². The first-order valence-corrected chi connectivity index (χ1v) is 11.4. The molecule has 190 valence electrons. The van der Waals surface area contributed by atoms with Gasteiger partial charge in [0.05, 0.1) is 17.9 Å². The Labute approximate surface area is 205 Å². The maximum atomic E-state index is 12.1. The van der Waals surface area contributed by atoms with Crippen LogP contribution in [0.2, 0.25) is 0 Å². The molecule has 35 heavy (non-hydrogen) atoms. The number of likely N-dealkylation sites (N-methyl/N-ethyl adjacent to an activating group) is 1. The maximum Gasteiger partial charge on any atom is 0.411 e. The molecule has 1 N–H and O–H groups in total. The Morgan fingerprint density at radius 1 is 1.34 bits per heavy atom. The summed E-state index contributed by atoms with van der Waals surface area (Å²) in [5, 5.41) is 10.3. The normalized spacial score (nSPS) is 16.8. The van der Waals surface area contributed by atoms with Crippen LogP contribution in [0.15, 0.2) is 67.1 Å². The van der Waals surface area contributed by atoms with Crippen molar-refractivity contribution in [1.29, 1.82) is 0 Å². The highest BCUT2D eigenvalue weighted by atomic mass is 19.4. The number of carbonyl (C=O) groups excluding carboxylic acids is 1. The predicted molar refractivity (Wildman–Crippen MR) is 132 cm³/mol. The highest BCUT2D eigenvalue weighted by molar-refractivity contribution is 5.82. The van der Waals surface area contributed by atoms with E-state index in [-0.39, 0.29) is 12.5 Å². The topological polar surface area (TPSA) is 62.7 Å². The summed E-state index contributed by atoms with van der Waals surface area (Å²) >= 11 is 0. The lowest BCUT2D eigenvalue weighted by molar-refractivity contribution is -0.171. The number of aldehydes is 1. The molecule has 1 aromatic heterocycles.